The summed E-state index contributed by atoms with van der Waals surface area (Å²) in [7, 11) is 0. The second kappa shape index (κ2) is 5.94. The van der Waals surface area contributed by atoms with Crippen LogP contribution < -0.4 is 0 Å². The molecule has 6 fully saturated rings. The fraction of sp³-hybridized carbons (Fsp3) is 0.955. The molecule has 4 nitrogen and oxygen atoms in total. The number of amides is 1. The topological polar surface area (TPSA) is 43.8 Å². The monoisotopic (exact) mass is 360 g/mol. The zero-order valence-electron chi connectivity index (χ0n) is 16.5. The number of nitrogens with zero attached hydrogens (tertiary/aromatic N) is 2. The van der Waals surface area contributed by atoms with Gasteiger partial charge in [0.05, 0.1) is 11.0 Å². The number of hydrogen-bond donors (Lipinski definition) is 1. The van der Waals surface area contributed by atoms with Crippen molar-refractivity contribution >= 4 is 5.91 Å². The summed E-state index contributed by atoms with van der Waals surface area (Å²) in [6.45, 7) is 6.66. The van der Waals surface area contributed by atoms with E-state index >= 15 is 0 Å². The second-order valence-electron chi connectivity index (χ2n) is 10.6. The van der Waals surface area contributed by atoms with E-state index in [0.29, 0.717) is 17.9 Å². The lowest BCUT2D eigenvalue weighted by atomic mass is 9.42. The quantitative estimate of drug-likeness (QED) is 0.841. The van der Waals surface area contributed by atoms with Gasteiger partial charge in [-0.15, -0.1) is 0 Å². The number of aliphatic hydroxyl groups is 1. The number of likely N-dealkylation sites (tertiary alicyclic amines) is 2. The Morgan fingerprint density at radius 2 is 1.73 bits per heavy atom. The number of piperidine rings is 1. The Kier molecular flexibility index (Phi) is 4.00. The van der Waals surface area contributed by atoms with Crippen LogP contribution in [0, 0.1) is 16.7 Å². The smallest absolute Gasteiger partial charge is 0.228 e. The SMILES string of the molecule is CCC12CC3CC(O)(C1)CC(C(=O)N1CCC(N4CCCC4)CC1)(C3)C2. The first-order valence-corrected chi connectivity index (χ1v) is 11.2. The highest BCUT2D eigenvalue weighted by molar-refractivity contribution is 5.83. The summed E-state index contributed by atoms with van der Waals surface area (Å²) in [6, 6.07) is 0.698. The van der Waals surface area contributed by atoms with Crippen LogP contribution in [0.2, 0.25) is 0 Å². The first-order valence-electron chi connectivity index (χ1n) is 11.2. The van der Waals surface area contributed by atoms with E-state index in [2.05, 4.69) is 16.7 Å². The minimum absolute atomic E-state index is 0.234. The Bertz CT molecular complexity index is 581. The molecule has 4 bridgehead atoms. The van der Waals surface area contributed by atoms with Crippen molar-refractivity contribution in [1.82, 2.24) is 9.80 Å². The standard InChI is InChI=1S/C22H36N2O2/c1-2-20-11-17-12-21(14-20,16-22(26,13-17)15-20)19(25)24-9-5-18(6-10-24)23-7-3-4-8-23/h17-18,26H,2-16H2,1H3. The van der Waals surface area contributed by atoms with Crippen LogP contribution in [-0.4, -0.2) is 58.6 Å². The van der Waals surface area contributed by atoms with Gasteiger partial charge in [-0.25, -0.2) is 0 Å². The Balaban J connectivity index is 1.31. The fourth-order valence-electron chi connectivity index (χ4n) is 8.09. The van der Waals surface area contributed by atoms with Gasteiger partial charge in [0, 0.05) is 19.1 Å². The van der Waals surface area contributed by atoms with E-state index in [-0.39, 0.29) is 10.8 Å². The fourth-order valence-corrected chi connectivity index (χ4v) is 8.09. The molecule has 4 heteroatoms. The van der Waals surface area contributed by atoms with Crippen LogP contribution in [0.4, 0.5) is 0 Å². The second-order valence-corrected chi connectivity index (χ2v) is 10.6. The third-order valence-corrected chi connectivity index (χ3v) is 8.77. The maximum Gasteiger partial charge on any atom is 0.228 e. The summed E-state index contributed by atoms with van der Waals surface area (Å²) in [5.41, 5.74) is -0.568. The van der Waals surface area contributed by atoms with Gasteiger partial charge in [-0.2, -0.15) is 0 Å². The Hall–Kier alpha value is -0.610. The minimum atomic E-state index is -0.557. The van der Waals surface area contributed by atoms with E-state index in [0.717, 1.165) is 64.5 Å². The molecule has 4 saturated carbocycles. The van der Waals surface area contributed by atoms with Gasteiger partial charge in [0.15, 0.2) is 0 Å². The third-order valence-electron chi connectivity index (χ3n) is 8.77. The van der Waals surface area contributed by atoms with Crippen molar-refractivity contribution in [3.63, 3.8) is 0 Å². The lowest BCUT2D eigenvalue weighted by Gasteiger charge is -2.65. The molecule has 146 valence electrons. The molecule has 0 aromatic rings. The summed E-state index contributed by atoms with van der Waals surface area (Å²) in [4.78, 5) is 18.5. The molecule has 1 N–H and O–H groups in total. The van der Waals surface area contributed by atoms with Gasteiger partial charge in [-0.05, 0) is 88.6 Å². The normalized spacial score (nSPS) is 46.2. The van der Waals surface area contributed by atoms with Crippen molar-refractivity contribution in [3.05, 3.63) is 0 Å². The molecule has 2 aliphatic heterocycles. The molecule has 4 unspecified atom stereocenters. The lowest BCUT2D eigenvalue weighted by molar-refractivity contribution is -0.210. The summed E-state index contributed by atoms with van der Waals surface area (Å²) in [6.07, 6.45) is 12.1. The number of carbonyl (C=O) groups excluding carboxylic acids is 1. The maximum absolute atomic E-state index is 13.7. The molecule has 1 amide bonds. The van der Waals surface area contributed by atoms with E-state index in [1.54, 1.807) is 0 Å². The Morgan fingerprint density at radius 1 is 1.00 bits per heavy atom. The summed E-state index contributed by atoms with van der Waals surface area (Å²) < 4.78 is 0. The highest BCUT2D eigenvalue weighted by Gasteiger charge is 2.65. The molecule has 2 heterocycles. The van der Waals surface area contributed by atoms with Crippen LogP contribution >= 0.6 is 0 Å². The molecule has 0 spiro atoms. The minimum Gasteiger partial charge on any atom is -0.390 e. The van der Waals surface area contributed by atoms with Crippen LogP contribution in [0.25, 0.3) is 0 Å². The first kappa shape index (κ1) is 17.5. The third kappa shape index (κ3) is 2.66. The van der Waals surface area contributed by atoms with Crippen molar-refractivity contribution in [2.24, 2.45) is 16.7 Å². The van der Waals surface area contributed by atoms with Gasteiger partial charge >= 0.3 is 0 Å². The first-order chi connectivity index (χ1) is 12.4. The van der Waals surface area contributed by atoms with Crippen LogP contribution in [0.1, 0.15) is 77.6 Å². The van der Waals surface area contributed by atoms with Crippen molar-refractivity contribution in [2.75, 3.05) is 26.2 Å². The highest BCUT2D eigenvalue weighted by Crippen LogP contribution is 2.68. The van der Waals surface area contributed by atoms with Crippen LogP contribution in [-0.2, 0) is 4.79 Å². The summed E-state index contributed by atoms with van der Waals surface area (Å²) >= 11 is 0. The van der Waals surface area contributed by atoms with E-state index in [9.17, 15) is 9.90 Å². The van der Waals surface area contributed by atoms with Crippen molar-refractivity contribution in [2.45, 2.75) is 89.2 Å². The Morgan fingerprint density at radius 3 is 2.38 bits per heavy atom. The molecule has 6 rings (SSSR count). The van der Waals surface area contributed by atoms with Gasteiger partial charge < -0.3 is 14.9 Å². The molecule has 0 aromatic carbocycles. The number of carbonyl (C=O) groups is 1. The van der Waals surface area contributed by atoms with Crippen molar-refractivity contribution in [1.29, 1.82) is 0 Å². The largest absolute Gasteiger partial charge is 0.390 e. The van der Waals surface area contributed by atoms with Crippen LogP contribution in [0.5, 0.6) is 0 Å². The van der Waals surface area contributed by atoms with Crippen LogP contribution in [0.3, 0.4) is 0 Å². The van der Waals surface area contributed by atoms with Crippen molar-refractivity contribution < 1.29 is 9.90 Å². The molecular formula is C22H36N2O2. The zero-order valence-corrected chi connectivity index (χ0v) is 16.5. The van der Waals surface area contributed by atoms with Gasteiger partial charge in [0.2, 0.25) is 5.91 Å². The predicted octanol–water partition coefficient (Wildman–Crippen LogP) is 3.18. The molecule has 2 saturated heterocycles. The van der Waals surface area contributed by atoms with E-state index < -0.39 is 5.60 Å². The summed E-state index contributed by atoms with van der Waals surface area (Å²) in [5.74, 6) is 0.972. The average Bonchev–Trinajstić information content (AvgIpc) is 3.14. The average molecular weight is 361 g/mol. The van der Waals surface area contributed by atoms with E-state index in [1.807, 2.05) is 0 Å². The molecule has 26 heavy (non-hydrogen) atoms. The van der Waals surface area contributed by atoms with Gasteiger partial charge in [-0.1, -0.05) is 13.3 Å². The maximum atomic E-state index is 13.7. The molecule has 6 aliphatic rings. The summed E-state index contributed by atoms with van der Waals surface area (Å²) in [5, 5.41) is 11.2. The van der Waals surface area contributed by atoms with Gasteiger partial charge in [-0.3, -0.25) is 4.79 Å². The van der Waals surface area contributed by atoms with Gasteiger partial charge in [0.25, 0.3) is 0 Å². The van der Waals surface area contributed by atoms with E-state index in [1.165, 1.54) is 32.4 Å². The molecule has 4 atom stereocenters. The predicted molar refractivity (Wildman–Crippen MR) is 102 cm³/mol. The number of hydrogen-bond acceptors (Lipinski definition) is 3. The van der Waals surface area contributed by atoms with E-state index in [4.69, 9.17) is 0 Å². The van der Waals surface area contributed by atoms with Crippen molar-refractivity contribution in [3.8, 4) is 0 Å². The molecule has 0 radical (unpaired) electrons. The number of rotatable bonds is 3. The van der Waals surface area contributed by atoms with Gasteiger partial charge in [0.1, 0.15) is 0 Å². The lowest BCUT2D eigenvalue weighted by Crippen LogP contribution is -2.64. The molecular weight excluding hydrogens is 324 g/mol. The van der Waals surface area contributed by atoms with Crippen LogP contribution in [0.15, 0.2) is 0 Å². The highest BCUT2D eigenvalue weighted by atomic mass is 16.3. The zero-order chi connectivity index (χ0) is 18.0. The molecule has 0 aromatic heterocycles. The molecule has 4 aliphatic carbocycles. The Labute approximate surface area is 158 Å².